The monoisotopic (exact) mass is 322 g/mol. The zero-order valence-corrected chi connectivity index (χ0v) is 13.7. The summed E-state index contributed by atoms with van der Waals surface area (Å²) in [5.41, 5.74) is -0.403. The van der Waals surface area contributed by atoms with Crippen LogP contribution in [-0.2, 0) is 25.7 Å². The number of esters is 1. The third-order valence-corrected chi connectivity index (χ3v) is 3.10. The molecule has 0 aliphatic carbocycles. The van der Waals surface area contributed by atoms with Crippen LogP contribution < -0.4 is 10.6 Å². The molecule has 1 atom stereocenters. The first-order valence-electron chi connectivity index (χ1n) is 7.14. The molecular formula is C16H22N2O5. The molecule has 0 aliphatic rings. The summed E-state index contributed by atoms with van der Waals surface area (Å²) in [6.45, 7) is 4.61. The van der Waals surface area contributed by atoms with E-state index in [2.05, 4.69) is 15.4 Å². The lowest BCUT2D eigenvalue weighted by Gasteiger charge is -2.26. The Balaban J connectivity index is 2.51. The number of carbonyl (C=O) groups excluding carboxylic acids is 3. The number of ether oxygens (including phenoxy) is 2. The first kappa shape index (κ1) is 18.5. The maximum atomic E-state index is 12.1. The van der Waals surface area contributed by atoms with E-state index in [9.17, 15) is 14.4 Å². The average Bonchev–Trinajstić information content (AvgIpc) is 2.52. The minimum atomic E-state index is -1.24. The second-order valence-corrected chi connectivity index (χ2v) is 5.53. The van der Waals surface area contributed by atoms with Gasteiger partial charge in [-0.2, -0.15) is 0 Å². The predicted octanol–water partition coefficient (Wildman–Crippen LogP) is 1.37. The fourth-order valence-electron chi connectivity index (χ4n) is 1.68. The molecule has 2 N–H and O–H groups in total. The summed E-state index contributed by atoms with van der Waals surface area (Å²) < 4.78 is 9.59. The molecule has 0 saturated carbocycles. The number of hydrogen-bond donors (Lipinski definition) is 2. The number of rotatable bonds is 6. The Morgan fingerprint density at radius 3 is 2.35 bits per heavy atom. The van der Waals surface area contributed by atoms with Crippen LogP contribution in [0.4, 0.5) is 4.79 Å². The van der Waals surface area contributed by atoms with Gasteiger partial charge in [-0.05, 0) is 26.3 Å². The summed E-state index contributed by atoms with van der Waals surface area (Å²) in [7, 11) is 1.23. The summed E-state index contributed by atoms with van der Waals surface area (Å²) in [4.78, 5) is 35.2. The van der Waals surface area contributed by atoms with Crippen LogP contribution in [0.3, 0.4) is 0 Å². The molecule has 7 nitrogen and oxygen atoms in total. The van der Waals surface area contributed by atoms with E-state index in [1.807, 2.05) is 30.3 Å². The van der Waals surface area contributed by atoms with E-state index in [1.54, 1.807) is 0 Å². The van der Waals surface area contributed by atoms with Gasteiger partial charge in [-0.1, -0.05) is 30.3 Å². The van der Waals surface area contributed by atoms with E-state index in [4.69, 9.17) is 4.74 Å². The minimum absolute atomic E-state index is 0.100. The second kappa shape index (κ2) is 8.17. The number of amides is 2. The minimum Gasteiger partial charge on any atom is -0.467 e. The van der Waals surface area contributed by atoms with Crippen LogP contribution in [0.25, 0.3) is 0 Å². The molecule has 0 unspecified atom stereocenters. The van der Waals surface area contributed by atoms with Crippen molar-refractivity contribution < 1.29 is 23.9 Å². The number of methoxy groups -OCH3 is 1. The highest BCUT2D eigenvalue weighted by Gasteiger charge is 2.32. The summed E-state index contributed by atoms with van der Waals surface area (Å²) in [6, 6.07) is 8.37. The van der Waals surface area contributed by atoms with Crippen molar-refractivity contribution in [3.8, 4) is 0 Å². The van der Waals surface area contributed by atoms with E-state index in [0.717, 1.165) is 5.56 Å². The van der Waals surface area contributed by atoms with Crippen LogP contribution in [0, 0.1) is 0 Å². The summed E-state index contributed by atoms with van der Waals surface area (Å²) >= 11 is 0. The Kier molecular flexibility index (Phi) is 6.56. The average molecular weight is 322 g/mol. The highest BCUT2D eigenvalue weighted by Crippen LogP contribution is 2.06. The van der Waals surface area contributed by atoms with E-state index < -0.39 is 29.6 Å². The lowest BCUT2D eigenvalue weighted by atomic mass is 10.0. The molecule has 2 amide bonds. The lowest BCUT2D eigenvalue weighted by molar-refractivity contribution is -0.145. The Hall–Kier alpha value is -2.57. The van der Waals surface area contributed by atoms with Crippen molar-refractivity contribution in [2.75, 3.05) is 7.11 Å². The first-order chi connectivity index (χ1) is 10.8. The molecule has 0 heterocycles. The molecule has 0 radical (unpaired) electrons. The molecule has 0 saturated heterocycles. The molecule has 126 valence electrons. The summed E-state index contributed by atoms with van der Waals surface area (Å²) in [5.74, 6) is -1.09. The van der Waals surface area contributed by atoms with Crippen molar-refractivity contribution in [2.24, 2.45) is 0 Å². The highest BCUT2D eigenvalue weighted by atomic mass is 16.5. The van der Waals surface area contributed by atoms with Gasteiger partial charge in [-0.3, -0.25) is 4.79 Å². The van der Waals surface area contributed by atoms with E-state index in [1.165, 1.54) is 27.9 Å². The molecule has 1 rings (SSSR count). The molecule has 0 aliphatic heterocycles. The number of alkyl carbamates (subject to hydrolysis) is 1. The summed E-state index contributed by atoms with van der Waals surface area (Å²) in [6.07, 6.45) is -0.722. The zero-order valence-electron chi connectivity index (χ0n) is 13.7. The van der Waals surface area contributed by atoms with Crippen molar-refractivity contribution in [3.63, 3.8) is 0 Å². The smallest absolute Gasteiger partial charge is 0.408 e. The molecule has 0 bridgehead atoms. The van der Waals surface area contributed by atoms with E-state index >= 15 is 0 Å². The predicted molar refractivity (Wildman–Crippen MR) is 83.5 cm³/mol. The number of benzene rings is 1. The van der Waals surface area contributed by atoms with Gasteiger partial charge in [0.05, 0.1) is 7.11 Å². The lowest BCUT2D eigenvalue weighted by Crippen LogP contribution is -2.57. The molecule has 1 aromatic carbocycles. The van der Waals surface area contributed by atoms with E-state index in [-0.39, 0.29) is 6.61 Å². The molecular weight excluding hydrogens is 300 g/mol. The number of hydrogen-bond acceptors (Lipinski definition) is 5. The molecule has 0 aromatic heterocycles. The fourth-order valence-corrected chi connectivity index (χ4v) is 1.68. The van der Waals surface area contributed by atoms with Gasteiger partial charge < -0.3 is 20.1 Å². The summed E-state index contributed by atoms with van der Waals surface area (Å²) in [5, 5.41) is 4.93. The van der Waals surface area contributed by atoms with Crippen molar-refractivity contribution in [2.45, 2.75) is 39.0 Å². The zero-order chi connectivity index (χ0) is 17.5. The van der Waals surface area contributed by atoms with Crippen LogP contribution in [0.5, 0.6) is 0 Å². The van der Waals surface area contributed by atoms with Gasteiger partial charge in [0, 0.05) is 0 Å². The SMILES string of the molecule is COC(=O)[C@H](C)NC(=O)C(C)(C)NC(=O)OCc1ccccc1. The van der Waals surface area contributed by atoms with Crippen LogP contribution in [0.2, 0.25) is 0 Å². The first-order valence-corrected chi connectivity index (χ1v) is 7.14. The van der Waals surface area contributed by atoms with Crippen molar-refractivity contribution in [1.29, 1.82) is 0 Å². The molecule has 7 heteroatoms. The maximum Gasteiger partial charge on any atom is 0.408 e. The van der Waals surface area contributed by atoms with Gasteiger partial charge in [0.15, 0.2) is 0 Å². The van der Waals surface area contributed by atoms with Crippen LogP contribution in [0.1, 0.15) is 26.3 Å². The van der Waals surface area contributed by atoms with E-state index in [0.29, 0.717) is 0 Å². The van der Waals surface area contributed by atoms with Crippen LogP contribution in [-0.4, -0.2) is 36.7 Å². The normalized spacial score (nSPS) is 12.0. The third kappa shape index (κ3) is 5.98. The Labute approximate surface area is 135 Å². The largest absolute Gasteiger partial charge is 0.467 e. The van der Waals surface area contributed by atoms with Crippen molar-refractivity contribution in [1.82, 2.24) is 10.6 Å². The van der Waals surface area contributed by atoms with Gasteiger partial charge in [0.1, 0.15) is 18.2 Å². The van der Waals surface area contributed by atoms with Crippen molar-refractivity contribution in [3.05, 3.63) is 35.9 Å². The van der Waals surface area contributed by atoms with Gasteiger partial charge in [0.25, 0.3) is 0 Å². The Morgan fingerprint density at radius 2 is 1.78 bits per heavy atom. The quantitative estimate of drug-likeness (QED) is 0.772. The molecule has 0 spiro atoms. The third-order valence-electron chi connectivity index (χ3n) is 3.10. The topological polar surface area (TPSA) is 93.7 Å². The van der Waals surface area contributed by atoms with Gasteiger partial charge >= 0.3 is 12.1 Å². The van der Waals surface area contributed by atoms with Gasteiger partial charge in [-0.15, -0.1) is 0 Å². The van der Waals surface area contributed by atoms with Crippen molar-refractivity contribution >= 4 is 18.0 Å². The molecule has 23 heavy (non-hydrogen) atoms. The number of carbonyl (C=O) groups is 3. The fraction of sp³-hybridized carbons (Fsp3) is 0.438. The number of nitrogens with one attached hydrogen (secondary N) is 2. The van der Waals surface area contributed by atoms with Crippen LogP contribution in [0.15, 0.2) is 30.3 Å². The second-order valence-electron chi connectivity index (χ2n) is 5.53. The standard InChI is InChI=1S/C16H22N2O5/c1-11(13(19)22-4)17-14(20)16(2,3)18-15(21)23-10-12-8-6-5-7-9-12/h5-9,11H,10H2,1-4H3,(H,17,20)(H,18,21)/t11-/m0/s1. The highest BCUT2D eigenvalue weighted by molar-refractivity contribution is 5.92. The molecule has 1 aromatic rings. The Bertz CT molecular complexity index is 557. The van der Waals surface area contributed by atoms with Gasteiger partial charge in [-0.25, -0.2) is 9.59 Å². The maximum absolute atomic E-state index is 12.1. The molecule has 0 fully saturated rings. The van der Waals surface area contributed by atoms with Crippen LogP contribution >= 0.6 is 0 Å². The Morgan fingerprint density at radius 1 is 1.17 bits per heavy atom. The van der Waals surface area contributed by atoms with Gasteiger partial charge in [0.2, 0.25) is 5.91 Å².